The number of piperidine rings is 1. The van der Waals surface area contributed by atoms with Gasteiger partial charge in [0.1, 0.15) is 5.69 Å². The number of aliphatic hydroxyl groups is 1. The largest absolute Gasteiger partial charge is 0.392 e. The van der Waals surface area contributed by atoms with Gasteiger partial charge in [-0.05, 0) is 86.7 Å². The minimum atomic E-state index is -3.87. The molecular weight excluding hydrogens is 442 g/mol. The third-order valence-corrected chi connectivity index (χ3v) is 11.3. The van der Waals surface area contributed by atoms with Gasteiger partial charge < -0.3 is 10.0 Å². The van der Waals surface area contributed by atoms with Gasteiger partial charge in [-0.15, -0.1) is 0 Å². The van der Waals surface area contributed by atoms with Gasteiger partial charge in [-0.2, -0.15) is 4.31 Å². The summed E-state index contributed by atoms with van der Waals surface area (Å²) in [5, 5.41) is 22.5. The molecule has 1 aromatic carbocycles. The maximum Gasteiger partial charge on any atom is 0.296 e. The molecule has 0 amide bonds. The number of fused-ring (bicyclic) bond motifs is 2. The lowest BCUT2D eigenvalue weighted by Crippen LogP contribution is -2.57. The lowest BCUT2D eigenvalue weighted by atomic mass is 9.42. The average molecular weight is 476 g/mol. The summed E-state index contributed by atoms with van der Waals surface area (Å²) in [5.41, 5.74) is 1.24. The Kier molecular flexibility index (Phi) is 4.88. The SMILES string of the molecule is Cc1c(S(=O)(=O)N2CC3CCCC(C2)C3O)ccc(N2CC(CC34CC(C3)C4)C2)c1[N+](=O)[O-]. The number of rotatable bonds is 6. The summed E-state index contributed by atoms with van der Waals surface area (Å²) in [6.07, 6.45) is 7.52. The Labute approximate surface area is 195 Å². The molecule has 4 saturated carbocycles. The number of hydrogen-bond acceptors (Lipinski definition) is 6. The topological polar surface area (TPSA) is 104 Å². The maximum atomic E-state index is 13.5. The number of nitro groups is 1. The van der Waals surface area contributed by atoms with E-state index in [1.54, 1.807) is 19.1 Å². The molecule has 4 bridgehead atoms. The molecule has 6 fully saturated rings. The highest BCUT2D eigenvalue weighted by Gasteiger charge is 2.57. The van der Waals surface area contributed by atoms with Gasteiger partial charge in [0.05, 0.1) is 15.9 Å². The van der Waals surface area contributed by atoms with Crippen molar-refractivity contribution in [1.29, 1.82) is 0 Å². The Bertz CT molecular complexity index is 1070. The minimum Gasteiger partial charge on any atom is -0.392 e. The van der Waals surface area contributed by atoms with Crippen molar-refractivity contribution in [3.8, 4) is 0 Å². The molecule has 4 aliphatic carbocycles. The highest BCUT2D eigenvalue weighted by molar-refractivity contribution is 7.89. The van der Waals surface area contributed by atoms with Crippen LogP contribution in [0.15, 0.2) is 17.0 Å². The quantitative estimate of drug-likeness (QED) is 0.500. The lowest BCUT2D eigenvalue weighted by molar-refractivity contribution is -0.384. The fraction of sp³-hybridized carbons (Fsp3) is 0.750. The van der Waals surface area contributed by atoms with Crippen LogP contribution < -0.4 is 4.90 Å². The summed E-state index contributed by atoms with van der Waals surface area (Å²) >= 11 is 0. The van der Waals surface area contributed by atoms with Gasteiger partial charge in [0.15, 0.2) is 0 Å². The van der Waals surface area contributed by atoms with Crippen molar-refractivity contribution >= 4 is 21.4 Å². The highest BCUT2D eigenvalue weighted by Crippen LogP contribution is 2.67. The lowest BCUT2D eigenvalue weighted by Gasteiger charge is -2.64. The van der Waals surface area contributed by atoms with E-state index in [4.69, 9.17) is 0 Å². The monoisotopic (exact) mass is 475 g/mol. The molecule has 2 heterocycles. The summed E-state index contributed by atoms with van der Waals surface area (Å²) in [6.45, 7) is 3.75. The summed E-state index contributed by atoms with van der Waals surface area (Å²) in [7, 11) is -3.87. The summed E-state index contributed by atoms with van der Waals surface area (Å²) in [5.74, 6) is 1.43. The molecular formula is C24H33N3O5S. The Morgan fingerprint density at radius 3 is 2.30 bits per heavy atom. The molecule has 1 aromatic rings. The van der Waals surface area contributed by atoms with Crippen molar-refractivity contribution in [1.82, 2.24) is 4.31 Å². The molecule has 6 aliphatic rings. The normalized spacial score (nSPS) is 36.0. The Hall–Kier alpha value is -1.71. The molecule has 2 unspecified atom stereocenters. The molecule has 0 spiro atoms. The molecule has 2 saturated heterocycles. The minimum absolute atomic E-state index is 0.0263. The predicted octanol–water partition coefficient (Wildman–Crippen LogP) is 3.31. The molecule has 2 aliphatic heterocycles. The van der Waals surface area contributed by atoms with Crippen molar-refractivity contribution in [2.24, 2.45) is 29.1 Å². The van der Waals surface area contributed by atoms with Gasteiger partial charge in [-0.3, -0.25) is 10.1 Å². The molecule has 0 radical (unpaired) electrons. The zero-order valence-corrected chi connectivity index (χ0v) is 20.0. The van der Waals surface area contributed by atoms with Crippen LogP contribution in [0.2, 0.25) is 0 Å². The van der Waals surface area contributed by atoms with Gasteiger partial charge >= 0.3 is 0 Å². The van der Waals surface area contributed by atoms with Gasteiger partial charge in [0, 0.05) is 31.7 Å². The van der Waals surface area contributed by atoms with Crippen molar-refractivity contribution < 1.29 is 18.4 Å². The summed E-state index contributed by atoms with van der Waals surface area (Å²) < 4.78 is 28.5. The van der Waals surface area contributed by atoms with Crippen LogP contribution in [0.1, 0.15) is 50.5 Å². The van der Waals surface area contributed by atoms with Gasteiger partial charge in [-0.1, -0.05) is 6.42 Å². The molecule has 0 aromatic heterocycles. The Morgan fingerprint density at radius 1 is 1.12 bits per heavy atom. The standard InChI is InChI=1S/C24H33N3O5S/c1-15-21(33(31,32)26-13-18-3-2-4-19(14-26)23(18)28)6-5-20(22(15)27(29)30)25-11-17(12-25)10-24-7-16(8-24)9-24/h5-6,16-19,23,28H,2-4,7-14H2,1H3. The second-order valence-corrected chi connectivity index (χ2v) is 13.4. The molecule has 33 heavy (non-hydrogen) atoms. The van der Waals surface area contributed by atoms with Crippen LogP contribution in [0.3, 0.4) is 0 Å². The number of sulfonamides is 1. The molecule has 8 nitrogen and oxygen atoms in total. The molecule has 1 N–H and O–H groups in total. The average Bonchev–Trinajstić information content (AvgIpc) is 2.63. The fourth-order valence-electron chi connectivity index (χ4n) is 7.55. The van der Waals surface area contributed by atoms with E-state index in [1.807, 2.05) is 4.90 Å². The van der Waals surface area contributed by atoms with Crippen molar-refractivity contribution in [3.63, 3.8) is 0 Å². The van der Waals surface area contributed by atoms with Crippen molar-refractivity contribution in [2.45, 2.75) is 62.9 Å². The number of aliphatic hydroxyl groups excluding tert-OH is 1. The van der Waals surface area contributed by atoms with Crippen LogP contribution in [0, 0.1) is 46.1 Å². The first kappa shape index (κ1) is 21.8. The summed E-state index contributed by atoms with van der Waals surface area (Å²) in [4.78, 5) is 13.7. The van der Waals surface area contributed by atoms with E-state index < -0.39 is 21.1 Å². The predicted molar refractivity (Wildman–Crippen MR) is 124 cm³/mol. The zero-order chi connectivity index (χ0) is 23.1. The third kappa shape index (κ3) is 3.33. The zero-order valence-electron chi connectivity index (χ0n) is 19.1. The van der Waals surface area contributed by atoms with E-state index in [0.717, 1.165) is 38.3 Å². The van der Waals surface area contributed by atoms with Crippen LogP contribution in [0.4, 0.5) is 11.4 Å². The van der Waals surface area contributed by atoms with Crippen LogP contribution in [-0.2, 0) is 10.0 Å². The summed E-state index contributed by atoms with van der Waals surface area (Å²) in [6, 6.07) is 3.19. The number of hydrogen-bond donors (Lipinski definition) is 1. The fourth-order valence-corrected chi connectivity index (χ4v) is 9.33. The van der Waals surface area contributed by atoms with Crippen LogP contribution in [-0.4, -0.2) is 55.0 Å². The van der Waals surface area contributed by atoms with E-state index in [9.17, 15) is 23.6 Å². The Morgan fingerprint density at radius 2 is 1.76 bits per heavy atom. The van der Waals surface area contributed by atoms with E-state index >= 15 is 0 Å². The maximum absolute atomic E-state index is 13.5. The van der Waals surface area contributed by atoms with Gasteiger partial charge in [0.25, 0.3) is 5.69 Å². The van der Waals surface area contributed by atoms with Gasteiger partial charge in [-0.25, -0.2) is 8.42 Å². The molecule has 7 rings (SSSR count). The number of nitro benzene ring substituents is 1. The van der Waals surface area contributed by atoms with E-state index in [1.165, 1.54) is 30.0 Å². The number of benzene rings is 1. The molecule has 9 heteroatoms. The Balaban J connectivity index is 1.24. The van der Waals surface area contributed by atoms with Crippen molar-refractivity contribution in [3.05, 3.63) is 27.8 Å². The first-order chi connectivity index (χ1) is 15.7. The van der Waals surface area contributed by atoms with Crippen LogP contribution in [0.25, 0.3) is 0 Å². The van der Waals surface area contributed by atoms with Crippen molar-refractivity contribution in [2.75, 3.05) is 31.1 Å². The van der Waals surface area contributed by atoms with E-state index in [2.05, 4.69) is 0 Å². The first-order valence-corrected chi connectivity index (χ1v) is 13.8. The van der Waals surface area contributed by atoms with Crippen LogP contribution >= 0.6 is 0 Å². The smallest absolute Gasteiger partial charge is 0.296 e. The number of anilines is 1. The second kappa shape index (κ2) is 7.39. The van der Waals surface area contributed by atoms with E-state index in [-0.39, 0.29) is 41.1 Å². The first-order valence-electron chi connectivity index (χ1n) is 12.4. The van der Waals surface area contributed by atoms with E-state index in [0.29, 0.717) is 17.0 Å². The van der Waals surface area contributed by atoms with Gasteiger partial charge in [0.2, 0.25) is 10.0 Å². The number of nitrogens with zero attached hydrogens (tertiary/aromatic N) is 3. The second-order valence-electron chi connectivity index (χ2n) is 11.5. The molecule has 180 valence electrons. The molecule has 2 atom stereocenters. The third-order valence-electron chi connectivity index (χ3n) is 9.34. The highest BCUT2D eigenvalue weighted by atomic mass is 32.2. The van der Waals surface area contributed by atoms with Crippen LogP contribution in [0.5, 0.6) is 0 Å².